The van der Waals surface area contributed by atoms with Gasteiger partial charge in [0.2, 0.25) is 0 Å². The number of nitrogens with one attached hydrogen (secondary N) is 1. The van der Waals surface area contributed by atoms with E-state index >= 15 is 0 Å². The Hall–Kier alpha value is -4.42. The first kappa shape index (κ1) is 29.6. The molecule has 2 heterocycles. The molecule has 0 bridgehead atoms. The van der Waals surface area contributed by atoms with Crippen molar-refractivity contribution >= 4 is 11.7 Å². The van der Waals surface area contributed by atoms with E-state index in [0.29, 0.717) is 26.1 Å². The van der Waals surface area contributed by atoms with Crippen LogP contribution in [-0.4, -0.2) is 28.1 Å². The third-order valence-corrected chi connectivity index (χ3v) is 6.67. The minimum Gasteiger partial charge on any atom is -0.445 e. The van der Waals surface area contributed by atoms with Crippen molar-refractivity contribution in [3.63, 3.8) is 0 Å². The number of ether oxygens (including phenoxy) is 2. The van der Waals surface area contributed by atoms with Crippen LogP contribution in [0, 0.1) is 6.92 Å². The summed E-state index contributed by atoms with van der Waals surface area (Å²) in [7, 11) is 0. The number of aromatic nitrogens is 2. The quantitative estimate of drug-likeness (QED) is 0.171. The van der Waals surface area contributed by atoms with Crippen molar-refractivity contribution in [1.29, 1.82) is 0 Å². The largest absolute Gasteiger partial charge is 0.445 e. The SMILES string of the molecule is CC.Cc1cccn2cc(-c3ccc(C[C@@H](CCOCc4ccccc4)NC(=O)OCc4ccccc4)cc3)nc12. The van der Waals surface area contributed by atoms with Gasteiger partial charge in [-0.25, -0.2) is 9.78 Å². The number of hydrogen-bond donors (Lipinski definition) is 1. The van der Waals surface area contributed by atoms with Gasteiger partial charge in [-0.15, -0.1) is 0 Å². The van der Waals surface area contributed by atoms with Gasteiger partial charge in [-0.1, -0.05) is 105 Å². The summed E-state index contributed by atoms with van der Waals surface area (Å²) in [5.41, 5.74) is 7.29. The molecule has 0 radical (unpaired) electrons. The molecule has 0 aliphatic carbocycles. The number of aryl methyl sites for hydroxylation is 1. The highest BCUT2D eigenvalue weighted by molar-refractivity contribution is 5.68. The third-order valence-electron chi connectivity index (χ3n) is 6.67. The monoisotopic (exact) mass is 549 g/mol. The normalized spacial score (nSPS) is 11.4. The van der Waals surface area contributed by atoms with Crippen LogP contribution in [0.4, 0.5) is 4.79 Å². The number of rotatable bonds is 11. The van der Waals surface area contributed by atoms with E-state index < -0.39 is 6.09 Å². The van der Waals surface area contributed by atoms with Crippen LogP contribution in [0.1, 0.15) is 42.5 Å². The first-order valence-corrected chi connectivity index (χ1v) is 14.3. The van der Waals surface area contributed by atoms with Gasteiger partial charge in [0.25, 0.3) is 0 Å². The van der Waals surface area contributed by atoms with Crippen molar-refractivity contribution < 1.29 is 14.3 Å². The second kappa shape index (κ2) is 15.4. The van der Waals surface area contributed by atoms with Crippen LogP contribution in [-0.2, 0) is 29.1 Å². The van der Waals surface area contributed by atoms with E-state index in [2.05, 4.69) is 53.2 Å². The molecule has 5 aromatic rings. The number of benzene rings is 3. The summed E-state index contributed by atoms with van der Waals surface area (Å²) < 4.78 is 13.4. The lowest BCUT2D eigenvalue weighted by Crippen LogP contribution is -2.37. The Morgan fingerprint density at radius 3 is 2.15 bits per heavy atom. The molecule has 0 saturated carbocycles. The highest BCUT2D eigenvalue weighted by atomic mass is 16.5. The minimum atomic E-state index is -0.427. The van der Waals surface area contributed by atoms with Gasteiger partial charge in [-0.05, 0) is 48.1 Å². The third kappa shape index (κ3) is 8.78. The van der Waals surface area contributed by atoms with Gasteiger partial charge in [0, 0.05) is 30.6 Å². The van der Waals surface area contributed by atoms with Crippen molar-refractivity contribution in [2.24, 2.45) is 0 Å². The lowest BCUT2D eigenvalue weighted by molar-refractivity contribution is 0.105. The lowest BCUT2D eigenvalue weighted by atomic mass is 10.0. The number of hydrogen-bond acceptors (Lipinski definition) is 4. The number of nitrogens with zero attached hydrogens (tertiary/aromatic N) is 2. The molecule has 0 aliphatic heterocycles. The fourth-order valence-electron chi connectivity index (χ4n) is 4.54. The molecule has 5 rings (SSSR count). The zero-order chi connectivity index (χ0) is 28.9. The Morgan fingerprint density at radius 1 is 0.829 bits per heavy atom. The second-order valence-electron chi connectivity index (χ2n) is 9.68. The molecule has 0 spiro atoms. The molecule has 2 aromatic heterocycles. The minimum absolute atomic E-state index is 0.132. The smallest absolute Gasteiger partial charge is 0.407 e. The molecule has 3 aromatic carbocycles. The Labute approximate surface area is 243 Å². The van der Waals surface area contributed by atoms with Gasteiger partial charge in [0.15, 0.2) is 0 Å². The molecule has 0 unspecified atom stereocenters. The number of carbonyl (C=O) groups excluding carboxylic acids is 1. The van der Waals surface area contributed by atoms with Crippen molar-refractivity contribution in [3.8, 4) is 11.3 Å². The zero-order valence-electron chi connectivity index (χ0n) is 24.1. The molecular weight excluding hydrogens is 510 g/mol. The maximum Gasteiger partial charge on any atom is 0.407 e. The van der Waals surface area contributed by atoms with E-state index in [4.69, 9.17) is 14.5 Å². The fourth-order valence-corrected chi connectivity index (χ4v) is 4.54. The van der Waals surface area contributed by atoms with E-state index in [-0.39, 0.29) is 12.6 Å². The maximum atomic E-state index is 12.6. The van der Waals surface area contributed by atoms with Crippen LogP contribution in [0.5, 0.6) is 0 Å². The molecule has 0 fully saturated rings. The molecular formula is C35H39N3O3. The molecule has 1 N–H and O–H groups in total. The summed E-state index contributed by atoms with van der Waals surface area (Å²) in [6, 6.07) is 32.1. The fraction of sp³-hybridized carbons (Fsp3) is 0.257. The molecule has 0 saturated heterocycles. The lowest BCUT2D eigenvalue weighted by Gasteiger charge is -2.19. The summed E-state index contributed by atoms with van der Waals surface area (Å²) in [5.74, 6) is 0. The highest BCUT2D eigenvalue weighted by Crippen LogP contribution is 2.22. The van der Waals surface area contributed by atoms with E-state index in [0.717, 1.165) is 39.2 Å². The average molecular weight is 550 g/mol. The van der Waals surface area contributed by atoms with E-state index in [9.17, 15) is 4.79 Å². The summed E-state index contributed by atoms with van der Waals surface area (Å²) in [5, 5.41) is 3.05. The first-order valence-electron chi connectivity index (χ1n) is 14.3. The number of imidazole rings is 1. The van der Waals surface area contributed by atoms with Gasteiger partial charge in [0.05, 0.1) is 12.3 Å². The molecule has 1 atom stereocenters. The Bertz CT molecular complexity index is 1480. The number of carbonyl (C=O) groups is 1. The van der Waals surface area contributed by atoms with Crippen molar-refractivity contribution in [3.05, 3.63) is 132 Å². The van der Waals surface area contributed by atoms with Gasteiger partial charge in [-0.3, -0.25) is 0 Å². The molecule has 1 amide bonds. The number of pyridine rings is 1. The Morgan fingerprint density at radius 2 is 1.49 bits per heavy atom. The van der Waals surface area contributed by atoms with Gasteiger partial charge < -0.3 is 19.2 Å². The zero-order valence-corrected chi connectivity index (χ0v) is 24.1. The summed E-state index contributed by atoms with van der Waals surface area (Å²) in [6.07, 6.45) is 4.97. The van der Waals surface area contributed by atoms with Crippen molar-refractivity contribution in [2.45, 2.75) is 52.9 Å². The van der Waals surface area contributed by atoms with Crippen LogP contribution < -0.4 is 5.32 Å². The molecule has 0 aliphatic rings. The second-order valence-corrected chi connectivity index (χ2v) is 9.68. The van der Waals surface area contributed by atoms with Gasteiger partial charge in [0.1, 0.15) is 12.3 Å². The van der Waals surface area contributed by atoms with Crippen molar-refractivity contribution in [1.82, 2.24) is 14.7 Å². The predicted octanol–water partition coefficient (Wildman–Crippen LogP) is 7.78. The topological polar surface area (TPSA) is 64.9 Å². The molecule has 41 heavy (non-hydrogen) atoms. The van der Waals surface area contributed by atoms with E-state index in [1.165, 1.54) is 0 Å². The summed E-state index contributed by atoms with van der Waals surface area (Å²) in [6.45, 7) is 7.37. The van der Waals surface area contributed by atoms with Gasteiger partial charge in [-0.2, -0.15) is 0 Å². The number of fused-ring (bicyclic) bond motifs is 1. The van der Waals surface area contributed by atoms with Crippen LogP contribution in [0.25, 0.3) is 16.9 Å². The first-order chi connectivity index (χ1) is 20.1. The Balaban J connectivity index is 0.00000189. The van der Waals surface area contributed by atoms with Crippen LogP contribution >= 0.6 is 0 Å². The van der Waals surface area contributed by atoms with Gasteiger partial charge >= 0.3 is 6.09 Å². The summed E-state index contributed by atoms with van der Waals surface area (Å²) in [4.78, 5) is 17.4. The summed E-state index contributed by atoms with van der Waals surface area (Å²) >= 11 is 0. The molecule has 212 valence electrons. The standard InChI is InChI=1S/C33H33N3O3.C2H6/c1-25-9-8-19-36-22-31(35-32(25)36)29-16-14-26(15-17-29)21-30(18-20-38-23-27-10-4-2-5-11-27)34-33(37)39-24-28-12-6-3-7-13-28;1-2/h2-17,19,22,30H,18,20-21,23-24H2,1H3,(H,34,37);1-2H3/t30-;/m1./s1. The average Bonchev–Trinajstić information content (AvgIpc) is 3.47. The predicted molar refractivity (Wildman–Crippen MR) is 165 cm³/mol. The van der Waals surface area contributed by atoms with Crippen LogP contribution in [0.2, 0.25) is 0 Å². The number of amides is 1. The van der Waals surface area contributed by atoms with Crippen LogP contribution in [0.3, 0.4) is 0 Å². The molecule has 6 heteroatoms. The Kier molecular flexibility index (Phi) is 11.1. The molecule has 6 nitrogen and oxygen atoms in total. The van der Waals surface area contributed by atoms with Crippen LogP contribution in [0.15, 0.2) is 109 Å². The van der Waals surface area contributed by atoms with E-state index in [1.807, 2.05) is 86.8 Å². The highest BCUT2D eigenvalue weighted by Gasteiger charge is 2.15. The maximum absolute atomic E-state index is 12.6. The number of alkyl carbamates (subject to hydrolysis) is 1. The van der Waals surface area contributed by atoms with Crippen molar-refractivity contribution in [2.75, 3.05) is 6.61 Å². The van der Waals surface area contributed by atoms with E-state index in [1.54, 1.807) is 0 Å².